The molecule has 2 unspecified atom stereocenters. The Morgan fingerprint density at radius 2 is 2.06 bits per heavy atom. The van der Waals surface area contributed by atoms with Crippen molar-refractivity contribution in [1.29, 1.82) is 0 Å². The van der Waals surface area contributed by atoms with Gasteiger partial charge in [-0.1, -0.05) is 30.3 Å². The Bertz CT molecular complexity index is 374. The van der Waals surface area contributed by atoms with Crippen molar-refractivity contribution in [3.8, 4) is 0 Å². The molecule has 0 saturated carbocycles. The van der Waals surface area contributed by atoms with Crippen LogP contribution in [0.5, 0.6) is 0 Å². The van der Waals surface area contributed by atoms with Gasteiger partial charge in [0.15, 0.2) is 0 Å². The fourth-order valence-electron chi connectivity index (χ4n) is 2.81. The van der Waals surface area contributed by atoms with Crippen molar-refractivity contribution < 1.29 is 4.79 Å². The second-order valence-corrected chi connectivity index (χ2v) is 5.19. The third-order valence-electron chi connectivity index (χ3n) is 3.79. The Hall–Kier alpha value is -1.15. The topological polar surface area (TPSA) is 20.3 Å². The number of nitrogens with zero attached hydrogens (tertiary/aromatic N) is 1. The van der Waals surface area contributed by atoms with E-state index in [0.717, 1.165) is 19.4 Å². The van der Waals surface area contributed by atoms with E-state index in [0.29, 0.717) is 11.7 Å². The van der Waals surface area contributed by atoms with E-state index < -0.39 is 0 Å². The Kier molecular flexibility index (Phi) is 3.95. The van der Waals surface area contributed by atoms with E-state index in [-0.39, 0.29) is 6.04 Å². The molecule has 1 fully saturated rings. The van der Waals surface area contributed by atoms with Gasteiger partial charge in [0, 0.05) is 6.54 Å². The quantitative estimate of drug-likeness (QED) is 0.793. The number of carbonyl (C=O) groups excluding carboxylic acids is 1. The summed E-state index contributed by atoms with van der Waals surface area (Å²) < 4.78 is 0. The summed E-state index contributed by atoms with van der Waals surface area (Å²) in [7, 11) is 2.06. The Balaban J connectivity index is 1.84. The molecule has 1 saturated heterocycles. The molecule has 0 aliphatic carbocycles. The van der Waals surface area contributed by atoms with Crippen molar-refractivity contribution in [1.82, 2.24) is 4.90 Å². The second kappa shape index (κ2) is 5.46. The van der Waals surface area contributed by atoms with Crippen molar-refractivity contribution in [2.24, 2.45) is 5.92 Å². The molecule has 0 aromatic heterocycles. The molecule has 2 nitrogen and oxygen atoms in total. The minimum Gasteiger partial charge on any atom is -0.298 e. The fourth-order valence-corrected chi connectivity index (χ4v) is 2.81. The lowest BCUT2D eigenvalue weighted by atomic mass is 9.96. The Morgan fingerprint density at radius 3 is 2.65 bits per heavy atom. The lowest BCUT2D eigenvalue weighted by Gasteiger charge is -2.14. The molecule has 92 valence electrons. The molecule has 1 heterocycles. The van der Waals surface area contributed by atoms with E-state index in [2.05, 4.69) is 42.3 Å². The van der Waals surface area contributed by atoms with Crippen molar-refractivity contribution in [2.45, 2.75) is 32.2 Å². The predicted octanol–water partition coefficient (Wildman–Crippen LogP) is 2.53. The number of ketones is 1. The summed E-state index contributed by atoms with van der Waals surface area (Å²) in [6, 6.07) is 10.8. The van der Waals surface area contributed by atoms with Gasteiger partial charge in [-0.15, -0.1) is 0 Å². The first kappa shape index (κ1) is 12.3. The number of likely N-dealkylation sites (N-methyl/N-ethyl adjacent to an activating group) is 1. The standard InChI is InChI=1S/C15H21NO/c1-12(17)15-10-14(11-16(15)2)9-8-13-6-4-3-5-7-13/h3-7,14-15H,8-11H2,1-2H3. The normalized spacial score (nSPS) is 25.1. The highest BCUT2D eigenvalue weighted by molar-refractivity contribution is 5.81. The lowest BCUT2D eigenvalue weighted by molar-refractivity contribution is -0.120. The lowest BCUT2D eigenvalue weighted by Crippen LogP contribution is -2.30. The van der Waals surface area contributed by atoms with E-state index in [1.54, 1.807) is 6.92 Å². The monoisotopic (exact) mass is 231 g/mol. The third kappa shape index (κ3) is 3.16. The van der Waals surface area contributed by atoms with Gasteiger partial charge in [-0.25, -0.2) is 0 Å². The van der Waals surface area contributed by atoms with Crippen LogP contribution in [0.3, 0.4) is 0 Å². The molecule has 1 aliphatic heterocycles. The van der Waals surface area contributed by atoms with Crippen LogP contribution < -0.4 is 0 Å². The van der Waals surface area contributed by atoms with E-state index in [4.69, 9.17) is 0 Å². The molecule has 0 bridgehead atoms. The zero-order chi connectivity index (χ0) is 12.3. The van der Waals surface area contributed by atoms with E-state index in [1.807, 2.05) is 0 Å². The average Bonchev–Trinajstić information content (AvgIpc) is 2.69. The molecular formula is C15H21NO. The van der Waals surface area contributed by atoms with Crippen molar-refractivity contribution >= 4 is 5.78 Å². The first-order chi connectivity index (χ1) is 8.16. The number of benzene rings is 1. The molecule has 1 aliphatic rings. The fraction of sp³-hybridized carbons (Fsp3) is 0.533. The highest BCUT2D eigenvalue weighted by Gasteiger charge is 2.31. The third-order valence-corrected chi connectivity index (χ3v) is 3.79. The van der Waals surface area contributed by atoms with Gasteiger partial charge in [0.05, 0.1) is 6.04 Å². The zero-order valence-electron chi connectivity index (χ0n) is 10.7. The smallest absolute Gasteiger partial charge is 0.146 e. The number of hydrogen-bond donors (Lipinski definition) is 0. The second-order valence-electron chi connectivity index (χ2n) is 5.19. The minimum atomic E-state index is 0.163. The van der Waals surface area contributed by atoms with E-state index in [9.17, 15) is 4.79 Å². The Labute approximate surface area is 104 Å². The van der Waals surface area contributed by atoms with Crippen LogP contribution in [0.2, 0.25) is 0 Å². The predicted molar refractivity (Wildman–Crippen MR) is 70.0 cm³/mol. The van der Waals surface area contributed by atoms with Crippen molar-refractivity contribution in [3.05, 3.63) is 35.9 Å². The summed E-state index contributed by atoms with van der Waals surface area (Å²) in [5, 5.41) is 0. The molecular weight excluding hydrogens is 210 g/mol. The Morgan fingerprint density at radius 1 is 1.35 bits per heavy atom. The van der Waals surface area contributed by atoms with Gasteiger partial charge in [0.1, 0.15) is 5.78 Å². The molecule has 0 spiro atoms. The van der Waals surface area contributed by atoms with Crippen LogP contribution in [0.1, 0.15) is 25.3 Å². The van der Waals surface area contributed by atoms with Gasteiger partial charge in [0.25, 0.3) is 0 Å². The largest absolute Gasteiger partial charge is 0.298 e. The van der Waals surface area contributed by atoms with Gasteiger partial charge in [-0.2, -0.15) is 0 Å². The molecule has 1 aromatic carbocycles. The summed E-state index contributed by atoms with van der Waals surface area (Å²) in [6.07, 6.45) is 3.36. The maximum atomic E-state index is 11.4. The molecule has 0 amide bonds. The van der Waals surface area contributed by atoms with Crippen LogP contribution in [0, 0.1) is 5.92 Å². The van der Waals surface area contributed by atoms with Gasteiger partial charge in [-0.05, 0) is 44.7 Å². The minimum absolute atomic E-state index is 0.163. The SMILES string of the molecule is CC(=O)C1CC(CCc2ccccc2)CN1C. The van der Waals surface area contributed by atoms with Crippen LogP contribution >= 0.6 is 0 Å². The van der Waals surface area contributed by atoms with E-state index >= 15 is 0 Å². The zero-order valence-corrected chi connectivity index (χ0v) is 10.7. The highest BCUT2D eigenvalue weighted by atomic mass is 16.1. The van der Waals surface area contributed by atoms with Crippen LogP contribution in [0.4, 0.5) is 0 Å². The number of Topliss-reactive ketones (excluding diaryl/α,β-unsaturated/α-hetero) is 1. The molecule has 0 N–H and O–H groups in total. The van der Waals surface area contributed by atoms with Gasteiger partial charge in [-0.3, -0.25) is 9.69 Å². The van der Waals surface area contributed by atoms with Crippen LogP contribution in [-0.2, 0) is 11.2 Å². The molecule has 0 radical (unpaired) electrons. The molecule has 2 atom stereocenters. The molecule has 17 heavy (non-hydrogen) atoms. The number of hydrogen-bond acceptors (Lipinski definition) is 2. The van der Waals surface area contributed by atoms with Crippen molar-refractivity contribution in [3.63, 3.8) is 0 Å². The van der Waals surface area contributed by atoms with Gasteiger partial charge < -0.3 is 0 Å². The number of likely N-dealkylation sites (tertiary alicyclic amines) is 1. The van der Waals surface area contributed by atoms with Gasteiger partial charge >= 0.3 is 0 Å². The van der Waals surface area contributed by atoms with Crippen LogP contribution in [0.15, 0.2) is 30.3 Å². The number of aryl methyl sites for hydroxylation is 1. The van der Waals surface area contributed by atoms with Crippen molar-refractivity contribution in [2.75, 3.05) is 13.6 Å². The summed E-state index contributed by atoms with van der Waals surface area (Å²) in [5.74, 6) is 0.990. The molecule has 2 rings (SSSR count). The summed E-state index contributed by atoms with van der Waals surface area (Å²) >= 11 is 0. The van der Waals surface area contributed by atoms with E-state index in [1.165, 1.54) is 12.0 Å². The first-order valence-corrected chi connectivity index (χ1v) is 6.41. The maximum Gasteiger partial charge on any atom is 0.146 e. The number of carbonyl (C=O) groups is 1. The molecule has 2 heteroatoms. The summed E-state index contributed by atoms with van der Waals surface area (Å²) in [6.45, 7) is 2.78. The first-order valence-electron chi connectivity index (χ1n) is 6.41. The summed E-state index contributed by atoms with van der Waals surface area (Å²) in [4.78, 5) is 13.6. The van der Waals surface area contributed by atoms with Crippen LogP contribution in [-0.4, -0.2) is 30.3 Å². The highest BCUT2D eigenvalue weighted by Crippen LogP contribution is 2.26. The van der Waals surface area contributed by atoms with Crippen LogP contribution in [0.25, 0.3) is 0 Å². The average molecular weight is 231 g/mol. The molecule has 1 aromatic rings. The maximum absolute atomic E-state index is 11.4. The number of rotatable bonds is 4. The summed E-state index contributed by atoms with van der Waals surface area (Å²) in [5.41, 5.74) is 1.40. The van der Waals surface area contributed by atoms with Gasteiger partial charge in [0.2, 0.25) is 0 Å².